The second kappa shape index (κ2) is 46.5. The fraction of sp³-hybridized carbons (Fsp3) is 0.744. The van der Waals surface area contributed by atoms with Crippen molar-refractivity contribution in [3.63, 3.8) is 0 Å². The van der Waals surface area contributed by atoms with Gasteiger partial charge < -0.3 is 0 Å². The first-order chi connectivity index (χ1) is 17.7. The van der Waals surface area contributed by atoms with Crippen LogP contribution in [0, 0.1) is 17.8 Å². The zero-order valence-electron chi connectivity index (χ0n) is 28.6. The summed E-state index contributed by atoms with van der Waals surface area (Å²) in [6, 6.07) is 0. The molecule has 0 nitrogen and oxygen atoms in total. The molecule has 39 heavy (non-hydrogen) atoms. The highest BCUT2D eigenvalue weighted by molar-refractivity contribution is 5.26. The van der Waals surface area contributed by atoms with E-state index < -0.39 is 0 Å². The van der Waals surface area contributed by atoms with Crippen LogP contribution in [0.5, 0.6) is 0 Å². The molecular formula is C39H82. The lowest BCUT2D eigenvalue weighted by Gasteiger charge is -2.24. The Bertz CT molecular complexity index is 520. The summed E-state index contributed by atoms with van der Waals surface area (Å²) in [5.74, 6) is 2.76. The minimum Gasteiger partial charge on any atom is -0.103 e. The van der Waals surface area contributed by atoms with E-state index in [1.165, 1.54) is 75.4 Å². The van der Waals surface area contributed by atoms with Crippen LogP contribution in [-0.2, 0) is 0 Å². The Balaban J connectivity index is -0.0000000702. The van der Waals surface area contributed by atoms with Crippen molar-refractivity contribution in [1.82, 2.24) is 0 Å². The van der Waals surface area contributed by atoms with Crippen LogP contribution in [0.15, 0.2) is 60.3 Å². The van der Waals surface area contributed by atoms with Crippen molar-refractivity contribution >= 4 is 0 Å². The van der Waals surface area contributed by atoms with Crippen molar-refractivity contribution in [3.05, 3.63) is 60.3 Å². The van der Waals surface area contributed by atoms with Crippen LogP contribution in [0.2, 0.25) is 0 Å². The summed E-state index contributed by atoms with van der Waals surface area (Å²) in [6.07, 6.45) is 24.2. The molecule has 0 amide bonds. The third kappa shape index (κ3) is 46.9. The highest BCUT2D eigenvalue weighted by Gasteiger charge is 2.15. The van der Waals surface area contributed by atoms with Gasteiger partial charge >= 0.3 is 0 Å². The van der Waals surface area contributed by atoms with Crippen molar-refractivity contribution in [3.8, 4) is 0 Å². The van der Waals surface area contributed by atoms with Gasteiger partial charge in [0.1, 0.15) is 0 Å². The SMILES string of the molecule is C.C.C/C=C(\C)CCCC.C=C(C)/C=C\C(=C/C)C(C)CCC.C=CC.CC.CC.CCC1CCC(C)CC1. The predicted molar refractivity (Wildman–Crippen MR) is 194 cm³/mol. The molecule has 1 fully saturated rings. The lowest BCUT2D eigenvalue weighted by Crippen LogP contribution is -2.10. The standard InChI is InChI=1S/C13H22.C9H18.C8H16.C3H6.2C2H6.2CH4/c1-6-8-12(5)13(7-2)10-9-11(3)4;1-3-9-6-4-8(2)5-7-9;1-4-6-7-8(3)5-2;1-3-2;2*1-2;;/h7,9-10,12H,3,6,8H2,1-2,4-5H3;8-9H,3-7H2,1-2H3;5H,4,6-7H2,1-3H3;3H,1H2,2H3;2*1-2H3;2*1H4/b10-9-,13-7+;;8-5+;;;;;. The van der Waals surface area contributed by atoms with E-state index in [4.69, 9.17) is 0 Å². The third-order valence-electron chi connectivity index (χ3n) is 6.31. The van der Waals surface area contributed by atoms with Crippen molar-refractivity contribution < 1.29 is 0 Å². The van der Waals surface area contributed by atoms with Gasteiger partial charge in [-0.15, -0.1) is 6.58 Å². The van der Waals surface area contributed by atoms with Gasteiger partial charge in [-0.2, -0.15) is 0 Å². The third-order valence-corrected chi connectivity index (χ3v) is 6.31. The molecule has 0 aromatic carbocycles. The molecule has 0 bridgehead atoms. The lowest BCUT2D eigenvalue weighted by molar-refractivity contribution is 0.284. The van der Waals surface area contributed by atoms with Crippen LogP contribution in [0.1, 0.15) is 176 Å². The Morgan fingerprint density at radius 2 is 1.28 bits per heavy atom. The molecule has 0 radical (unpaired) electrons. The fourth-order valence-corrected chi connectivity index (χ4v) is 3.72. The molecule has 0 saturated heterocycles. The zero-order valence-corrected chi connectivity index (χ0v) is 28.6. The summed E-state index contributed by atoms with van der Waals surface area (Å²) in [7, 11) is 0. The Kier molecular flexibility index (Phi) is 64.3. The number of rotatable bonds is 9. The Hall–Kier alpha value is -1.30. The summed E-state index contributed by atoms with van der Waals surface area (Å²) in [5.41, 5.74) is 4.06. The maximum atomic E-state index is 3.85. The molecule has 1 rings (SSSR count). The molecule has 1 aliphatic carbocycles. The largest absolute Gasteiger partial charge is 0.103 e. The van der Waals surface area contributed by atoms with Gasteiger partial charge in [0.15, 0.2) is 0 Å². The highest BCUT2D eigenvalue weighted by Crippen LogP contribution is 2.29. The average Bonchev–Trinajstić information content (AvgIpc) is 2.91. The van der Waals surface area contributed by atoms with Gasteiger partial charge in [-0.1, -0.05) is 170 Å². The second-order valence-electron chi connectivity index (χ2n) is 9.84. The number of hydrogen-bond acceptors (Lipinski definition) is 0. The maximum absolute atomic E-state index is 3.85. The predicted octanol–water partition coefficient (Wildman–Crippen LogP) is 15.4. The van der Waals surface area contributed by atoms with Crippen molar-refractivity contribution in [2.75, 3.05) is 0 Å². The molecule has 238 valence electrons. The molecule has 0 heterocycles. The van der Waals surface area contributed by atoms with Gasteiger partial charge in [0, 0.05) is 0 Å². The smallest absolute Gasteiger partial charge is 0.0194 e. The molecule has 1 aliphatic rings. The van der Waals surface area contributed by atoms with Gasteiger partial charge in [0.25, 0.3) is 0 Å². The van der Waals surface area contributed by atoms with E-state index >= 15 is 0 Å². The van der Waals surface area contributed by atoms with E-state index in [2.05, 4.69) is 92.9 Å². The Morgan fingerprint density at radius 1 is 0.821 bits per heavy atom. The van der Waals surface area contributed by atoms with Crippen LogP contribution in [0.25, 0.3) is 0 Å². The Morgan fingerprint density at radius 3 is 1.59 bits per heavy atom. The van der Waals surface area contributed by atoms with Crippen LogP contribution in [0.4, 0.5) is 0 Å². The van der Waals surface area contributed by atoms with E-state index in [0.717, 1.165) is 17.4 Å². The molecular weight excluding hydrogens is 468 g/mol. The van der Waals surface area contributed by atoms with Crippen LogP contribution < -0.4 is 0 Å². The van der Waals surface area contributed by atoms with E-state index in [9.17, 15) is 0 Å². The number of hydrogen-bond donors (Lipinski definition) is 0. The van der Waals surface area contributed by atoms with E-state index in [1.807, 2.05) is 41.5 Å². The quantitative estimate of drug-likeness (QED) is 0.198. The van der Waals surface area contributed by atoms with Gasteiger partial charge in [-0.05, 0) is 77.2 Å². The zero-order chi connectivity index (χ0) is 30.1. The molecule has 0 aliphatic heterocycles. The molecule has 0 spiro atoms. The van der Waals surface area contributed by atoms with Gasteiger partial charge in [-0.3, -0.25) is 0 Å². The summed E-state index contributed by atoms with van der Waals surface area (Å²) < 4.78 is 0. The minimum absolute atomic E-state index is 0. The summed E-state index contributed by atoms with van der Waals surface area (Å²) >= 11 is 0. The fourth-order valence-electron chi connectivity index (χ4n) is 3.72. The Labute approximate surface area is 253 Å². The molecule has 0 aromatic heterocycles. The van der Waals surface area contributed by atoms with Crippen molar-refractivity contribution in [1.29, 1.82) is 0 Å². The second-order valence-corrected chi connectivity index (χ2v) is 9.84. The summed E-state index contributed by atoms with van der Waals surface area (Å²) in [5, 5.41) is 0. The molecule has 1 atom stereocenters. The minimum atomic E-state index is 0. The molecule has 1 unspecified atom stereocenters. The van der Waals surface area contributed by atoms with Crippen LogP contribution in [-0.4, -0.2) is 0 Å². The highest BCUT2D eigenvalue weighted by atomic mass is 14.2. The van der Waals surface area contributed by atoms with Gasteiger partial charge in [0.2, 0.25) is 0 Å². The lowest BCUT2D eigenvalue weighted by atomic mass is 9.82. The first-order valence-corrected chi connectivity index (χ1v) is 15.8. The molecule has 0 N–H and O–H groups in total. The first-order valence-electron chi connectivity index (χ1n) is 15.8. The molecule has 0 heteroatoms. The van der Waals surface area contributed by atoms with Crippen LogP contribution in [0.3, 0.4) is 0 Å². The van der Waals surface area contributed by atoms with Crippen molar-refractivity contribution in [2.45, 2.75) is 176 Å². The molecule has 0 aromatic rings. The van der Waals surface area contributed by atoms with Gasteiger partial charge in [0.05, 0.1) is 0 Å². The van der Waals surface area contributed by atoms with Crippen LogP contribution >= 0.6 is 0 Å². The van der Waals surface area contributed by atoms with Crippen molar-refractivity contribution in [2.24, 2.45) is 17.8 Å². The number of unbranched alkanes of at least 4 members (excludes halogenated alkanes) is 1. The normalized spacial score (nSPS) is 16.6. The maximum Gasteiger partial charge on any atom is -0.0194 e. The average molecular weight is 551 g/mol. The summed E-state index contributed by atoms with van der Waals surface area (Å²) in [6.45, 7) is 37.0. The van der Waals surface area contributed by atoms with Gasteiger partial charge in [-0.25, -0.2) is 0 Å². The van der Waals surface area contributed by atoms with E-state index in [-0.39, 0.29) is 14.9 Å². The first kappa shape index (κ1) is 53.9. The number of allylic oxidation sites excluding steroid dienone is 8. The summed E-state index contributed by atoms with van der Waals surface area (Å²) in [4.78, 5) is 0. The molecule has 1 saturated carbocycles. The van der Waals surface area contributed by atoms with E-state index in [0.29, 0.717) is 5.92 Å². The topological polar surface area (TPSA) is 0 Å². The van der Waals surface area contributed by atoms with E-state index in [1.54, 1.807) is 6.08 Å². The monoisotopic (exact) mass is 551 g/mol.